The van der Waals surface area contributed by atoms with Crippen molar-refractivity contribution in [2.24, 2.45) is 5.92 Å². The molecule has 1 amide bonds. The fourth-order valence-corrected chi connectivity index (χ4v) is 5.69. The number of rotatable bonds is 4. The average Bonchev–Trinajstić information content (AvgIpc) is 3.36. The van der Waals surface area contributed by atoms with Crippen LogP contribution < -0.4 is 10.3 Å². The van der Waals surface area contributed by atoms with Crippen LogP contribution in [0.15, 0.2) is 47.3 Å². The maximum atomic E-state index is 13.4. The molecule has 31 heavy (non-hydrogen) atoms. The predicted molar refractivity (Wildman–Crippen MR) is 121 cm³/mol. The largest absolute Gasteiger partial charge is 0.478 e. The van der Waals surface area contributed by atoms with Crippen LogP contribution in [-0.2, 0) is 11.3 Å². The minimum absolute atomic E-state index is 0.0271. The molecule has 0 spiro atoms. The Morgan fingerprint density at radius 1 is 1.10 bits per heavy atom. The first-order chi connectivity index (χ1) is 14.6. The lowest BCUT2D eigenvalue weighted by atomic mass is 9.82. The second-order valence-electron chi connectivity index (χ2n) is 9.61. The van der Waals surface area contributed by atoms with E-state index in [0.717, 1.165) is 24.1 Å². The van der Waals surface area contributed by atoms with Crippen molar-refractivity contribution in [2.75, 3.05) is 13.1 Å². The van der Waals surface area contributed by atoms with Crippen molar-refractivity contribution in [3.63, 3.8) is 0 Å². The highest BCUT2D eigenvalue weighted by atomic mass is 35.5. The SMILES string of the molecule is CC(C)(Oc1ccc(C2CC2(Cl)Cl)cc1)C(=O)N1CC2C[C@@H](C1)c1cccc(=O)n1C2. The van der Waals surface area contributed by atoms with Crippen LogP contribution in [0.3, 0.4) is 0 Å². The molecule has 2 aliphatic heterocycles. The van der Waals surface area contributed by atoms with Crippen molar-refractivity contribution in [2.45, 2.75) is 55.0 Å². The van der Waals surface area contributed by atoms with Crippen molar-refractivity contribution in [3.8, 4) is 5.75 Å². The summed E-state index contributed by atoms with van der Waals surface area (Å²) in [6.45, 7) is 5.56. The molecular weight excluding hydrogens is 435 g/mol. The standard InChI is InChI=1S/C24H26Cl2N2O3/c1-23(2,31-18-8-6-16(7-9-18)19-11-24(19,25)26)22(30)27-12-15-10-17(14-27)20-4-3-5-21(29)28(20)13-15/h3-9,15,17,19H,10-14H2,1-2H3/t15?,17-,19?/m0/s1. The number of amides is 1. The molecule has 2 unspecified atom stereocenters. The highest BCUT2D eigenvalue weighted by Gasteiger charge is 2.52. The Kier molecular flexibility index (Phi) is 4.91. The highest BCUT2D eigenvalue weighted by molar-refractivity contribution is 6.51. The molecule has 2 aromatic rings. The molecule has 7 heteroatoms. The minimum Gasteiger partial charge on any atom is -0.478 e. The first-order valence-electron chi connectivity index (χ1n) is 10.8. The van der Waals surface area contributed by atoms with E-state index in [-0.39, 0.29) is 29.2 Å². The fraction of sp³-hybridized carbons (Fsp3) is 0.500. The summed E-state index contributed by atoms with van der Waals surface area (Å²) in [5, 5.41) is 0. The van der Waals surface area contributed by atoms with Crippen LogP contribution in [-0.4, -0.2) is 38.4 Å². The predicted octanol–water partition coefficient (Wildman–Crippen LogP) is 4.31. The molecule has 0 radical (unpaired) electrons. The normalized spacial score (nSPS) is 26.2. The number of ether oxygens (including phenoxy) is 1. The number of pyridine rings is 1. The zero-order valence-corrected chi connectivity index (χ0v) is 19.2. The third-order valence-electron chi connectivity index (χ3n) is 6.76. The van der Waals surface area contributed by atoms with Crippen LogP contribution in [0.4, 0.5) is 0 Å². The maximum Gasteiger partial charge on any atom is 0.266 e. The van der Waals surface area contributed by atoms with E-state index in [2.05, 4.69) is 0 Å². The average molecular weight is 461 g/mol. The minimum atomic E-state index is -0.994. The van der Waals surface area contributed by atoms with Crippen LogP contribution >= 0.6 is 23.2 Å². The molecule has 1 saturated carbocycles. The quantitative estimate of drug-likeness (QED) is 0.638. The number of alkyl halides is 2. The number of hydrogen-bond donors (Lipinski definition) is 0. The topological polar surface area (TPSA) is 51.5 Å². The summed E-state index contributed by atoms with van der Waals surface area (Å²) in [7, 11) is 0. The van der Waals surface area contributed by atoms with Crippen LogP contribution in [0.25, 0.3) is 0 Å². The molecule has 1 aliphatic carbocycles. The number of piperidine rings is 1. The van der Waals surface area contributed by atoms with Gasteiger partial charge in [0.25, 0.3) is 11.5 Å². The summed E-state index contributed by atoms with van der Waals surface area (Å²) < 4.78 is 7.34. The first-order valence-corrected chi connectivity index (χ1v) is 11.6. The molecule has 1 saturated heterocycles. The number of halogens is 2. The number of likely N-dealkylation sites (tertiary alicyclic amines) is 1. The van der Waals surface area contributed by atoms with Crippen molar-refractivity contribution in [1.82, 2.24) is 9.47 Å². The van der Waals surface area contributed by atoms with E-state index < -0.39 is 9.93 Å². The van der Waals surface area contributed by atoms with Gasteiger partial charge in [-0.05, 0) is 56.4 Å². The smallest absolute Gasteiger partial charge is 0.266 e. The fourth-order valence-electron chi connectivity index (χ4n) is 5.12. The number of aromatic nitrogens is 1. The Balaban J connectivity index is 1.29. The van der Waals surface area contributed by atoms with Gasteiger partial charge < -0.3 is 14.2 Å². The van der Waals surface area contributed by atoms with E-state index in [1.54, 1.807) is 6.07 Å². The zero-order chi connectivity index (χ0) is 22.0. The van der Waals surface area contributed by atoms with Crippen molar-refractivity contribution in [3.05, 3.63) is 64.1 Å². The number of fused-ring (bicyclic) bond motifs is 4. The van der Waals surface area contributed by atoms with E-state index in [1.807, 2.05) is 59.7 Å². The second kappa shape index (κ2) is 7.28. The Morgan fingerprint density at radius 2 is 1.81 bits per heavy atom. The second-order valence-corrected chi connectivity index (χ2v) is 11.1. The molecule has 1 aromatic heterocycles. The van der Waals surface area contributed by atoms with E-state index in [4.69, 9.17) is 27.9 Å². The molecule has 2 fully saturated rings. The third-order valence-corrected chi connectivity index (χ3v) is 7.60. The summed E-state index contributed by atoms with van der Waals surface area (Å²) in [6, 6.07) is 13.1. The van der Waals surface area contributed by atoms with Gasteiger partial charge in [0.1, 0.15) is 10.1 Å². The summed E-state index contributed by atoms with van der Waals surface area (Å²) in [6.07, 6.45) is 1.77. The summed E-state index contributed by atoms with van der Waals surface area (Å²) in [4.78, 5) is 27.5. The number of carbonyl (C=O) groups excluding carboxylic acids is 1. The maximum absolute atomic E-state index is 13.4. The van der Waals surface area contributed by atoms with Crippen LogP contribution in [0.2, 0.25) is 0 Å². The number of hydrogen-bond acceptors (Lipinski definition) is 3. The van der Waals surface area contributed by atoms with Gasteiger partial charge in [0, 0.05) is 43.2 Å². The van der Waals surface area contributed by atoms with Gasteiger partial charge in [-0.1, -0.05) is 18.2 Å². The lowest BCUT2D eigenvalue weighted by Gasteiger charge is -2.44. The van der Waals surface area contributed by atoms with Crippen molar-refractivity contribution in [1.29, 1.82) is 0 Å². The van der Waals surface area contributed by atoms with Crippen LogP contribution in [0, 0.1) is 5.92 Å². The lowest BCUT2D eigenvalue weighted by molar-refractivity contribution is -0.148. The molecule has 3 heterocycles. The van der Waals surface area contributed by atoms with Gasteiger partial charge in [0.15, 0.2) is 5.60 Å². The van der Waals surface area contributed by atoms with E-state index in [1.165, 1.54) is 0 Å². The van der Waals surface area contributed by atoms with Gasteiger partial charge in [0.05, 0.1) is 0 Å². The Bertz CT molecular complexity index is 1080. The van der Waals surface area contributed by atoms with Crippen molar-refractivity contribution < 1.29 is 9.53 Å². The Labute approximate surface area is 191 Å². The molecule has 1 aromatic carbocycles. The summed E-state index contributed by atoms with van der Waals surface area (Å²) >= 11 is 12.3. The van der Waals surface area contributed by atoms with Crippen LogP contribution in [0.1, 0.15) is 49.8 Å². The van der Waals surface area contributed by atoms with Crippen molar-refractivity contribution >= 4 is 29.1 Å². The molecule has 0 N–H and O–H groups in total. The van der Waals surface area contributed by atoms with Gasteiger partial charge >= 0.3 is 0 Å². The number of carbonyl (C=O) groups is 1. The van der Waals surface area contributed by atoms with Gasteiger partial charge in [-0.15, -0.1) is 23.2 Å². The van der Waals surface area contributed by atoms with E-state index >= 15 is 0 Å². The highest BCUT2D eigenvalue weighted by Crippen LogP contribution is 2.59. The molecular formula is C24H26Cl2N2O3. The molecule has 2 bridgehead atoms. The molecule has 3 atom stereocenters. The summed E-state index contributed by atoms with van der Waals surface area (Å²) in [5.74, 6) is 1.25. The monoisotopic (exact) mass is 460 g/mol. The first kappa shape index (κ1) is 20.9. The van der Waals surface area contributed by atoms with Gasteiger partial charge in [0.2, 0.25) is 0 Å². The third kappa shape index (κ3) is 3.87. The zero-order valence-electron chi connectivity index (χ0n) is 17.7. The van der Waals surface area contributed by atoms with E-state index in [9.17, 15) is 9.59 Å². The van der Waals surface area contributed by atoms with Gasteiger partial charge in [-0.25, -0.2) is 0 Å². The van der Waals surface area contributed by atoms with Gasteiger partial charge in [-0.3, -0.25) is 9.59 Å². The molecule has 5 rings (SSSR count). The summed E-state index contributed by atoms with van der Waals surface area (Å²) in [5.41, 5.74) is 1.17. The molecule has 5 nitrogen and oxygen atoms in total. The number of nitrogens with zero attached hydrogens (tertiary/aromatic N) is 2. The molecule has 164 valence electrons. The Hall–Kier alpha value is -1.98. The van der Waals surface area contributed by atoms with Gasteiger partial charge in [-0.2, -0.15) is 0 Å². The van der Waals surface area contributed by atoms with Crippen LogP contribution in [0.5, 0.6) is 5.75 Å². The Morgan fingerprint density at radius 3 is 2.48 bits per heavy atom. The molecule has 3 aliphatic rings. The number of benzene rings is 1. The lowest BCUT2D eigenvalue weighted by Crippen LogP contribution is -2.55. The van der Waals surface area contributed by atoms with E-state index in [0.29, 0.717) is 25.4 Å².